The predicted molar refractivity (Wildman–Crippen MR) is 102 cm³/mol. The van der Waals surface area contributed by atoms with Crippen LogP contribution in [0.1, 0.15) is 16.8 Å². The lowest BCUT2D eigenvalue weighted by Crippen LogP contribution is -2.44. The standard InChI is InChI=1S/C19H21FN2O3S/c1-25-16-9-3-13(4-10-16)18(23)22-17(11-12-26-2)19(24)21-15-7-5-14(20)6-8-15/h3-10,17H,11-12H2,1-2H3,(H,21,24)(H,22,23)/t17-/m1/s1. The van der Waals surface area contributed by atoms with E-state index in [2.05, 4.69) is 10.6 Å². The molecule has 2 N–H and O–H groups in total. The van der Waals surface area contributed by atoms with Crippen LogP contribution in [0, 0.1) is 5.82 Å². The summed E-state index contributed by atoms with van der Waals surface area (Å²) in [6.07, 6.45) is 2.41. The van der Waals surface area contributed by atoms with Crippen LogP contribution in [0.5, 0.6) is 5.75 Å². The topological polar surface area (TPSA) is 67.4 Å². The zero-order valence-corrected chi connectivity index (χ0v) is 15.4. The SMILES string of the molecule is COc1ccc(C(=O)N[C@H](CCSC)C(=O)Nc2ccc(F)cc2)cc1. The van der Waals surface area contributed by atoms with Crippen LogP contribution in [-0.2, 0) is 4.79 Å². The van der Waals surface area contributed by atoms with Gasteiger partial charge in [-0.1, -0.05) is 0 Å². The molecule has 0 fully saturated rings. The molecule has 0 radical (unpaired) electrons. The highest BCUT2D eigenvalue weighted by Crippen LogP contribution is 2.13. The van der Waals surface area contributed by atoms with Crippen LogP contribution in [0.4, 0.5) is 10.1 Å². The number of hydrogen-bond donors (Lipinski definition) is 2. The number of methoxy groups -OCH3 is 1. The van der Waals surface area contributed by atoms with Crippen LogP contribution in [-0.4, -0.2) is 37.0 Å². The van der Waals surface area contributed by atoms with Crippen molar-refractivity contribution in [3.63, 3.8) is 0 Å². The maximum Gasteiger partial charge on any atom is 0.251 e. The molecule has 2 rings (SSSR count). The molecule has 0 aliphatic heterocycles. The Hall–Kier alpha value is -2.54. The van der Waals surface area contributed by atoms with Gasteiger partial charge in [0.15, 0.2) is 0 Å². The number of ether oxygens (including phenoxy) is 1. The summed E-state index contributed by atoms with van der Waals surface area (Å²) in [6, 6.07) is 11.4. The van der Waals surface area contributed by atoms with Crippen molar-refractivity contribution in [1.29, 1.82) is 0 Å². The zero-order valence-electron chi connectivity index (χ0n) is 14.6. The van der Waals surface area contributed by atoms with Gasteiger partial charge in [-0.05, 0) is 67.0 Å². The van der Waals surface area contributed by atoms with Crippen LogP contribution in [0.3, 0.4) is 0 Å². The fourth-order valence-electron chi connectivity index (χ4n) is 2.25. The molecule has 1 atom stereocenters. The van der Waals surface area contributed by atoms with Crippen molar-refractivity contribution in [3.05, 3.63) is 59.9 Å². The average molecular weight is 376 g/mol. The molecule has 0 aromatic heterocycles. The second kappa shape index (κ2) is 9.82. The van der Waals surface area contributed by atoms with Crippen LogP contribution in [0.15, 0.2) is 48.5 Å². The average Bonchev–Trinajstić information content (AvgIpc) is 2.66. The number of benzene rings is 2. The molecule has 0 unspecified atom stereocenters. The molecule has 0 heterocycles. The molecule has 0 aliphatic rings. The summed E-state index contributed by atoms with van der Waals surface area (Å²) in [6.45, 7) is 0. The second-order valence-corrected chi connectivity index (χ2v) is 6.52. The summed E-state index contributed by atoms with van der Waals surface area (Å²) in [5, 5.41) is 5.46. The lowest BCUT2D eigenvalue weighted by molar-refractivity contribution is -0.118. The molecule has 2 aromatic rings. The molecule has 7 heteroatoms. The summed E-state index contributed by atoms with van der Waals surface area (Å²) < 4.78 is 18.1. The van der Waals surface area contributed by atoms with E-state index in [9.17, 15) is 14.0 Å². The molecule has 138 valence electrons. The van der Waals surface area contributed by atoms with Crippen molar-refractivity contribution < 1.29 is 18.7 Å². The minimum absolute atomic E-state index is 0.340. The van der Waals surface area contributed by atoms with Crippen molar-refractivity contribution in [2.24, 2.45) is 0 Å². The number of carbonyl (C=O) groups excluding carboxylic acids is 2. The molecule has 5 nitrogen and oxygen atoms in total. The minimum atomic E-state index is -0.692. The minimum Gasteiger partial charge on any atom is -0.497 e. The summed E-state index contributed by atoms with van der Waals surface area (Å²) in [4.78, 5) is 25.0. The highest BCUT2D eigenvalue weighted by Gasteiger charge is 2.21. The van der Waals surface area contributed by atoms with E-state index in [1.54, 1.807) is 43.1 Å². The van der Waals surface area contributed by atoms with Gasteiger partial charge in [-0.3, -0.25) is 9.59 Å². The van der Waals surface area contributed by atoms with Gasteiger partial charge >= 0.3 is 0 Å². The Morgan fingerprint density at radius 1 is 1.12 bits per heavy atom. The molecule has 0 spiro atoms. The van der Waals surface area contributed by atoms with E-state index in [4.69, 9.17) is 4.74 Å². The lowest BCUT2D eigenvalue weighted by atomic mass is 10.1. The normalized spacial score (nSPS) is 11.5. The van der Waals surface area contributed by atoms with Gasteiger partial charge in [0.1, 0.15) is 17.6 Å². The van der Waals surface area contributed by atoms with Crippen molar-refractivity contribution in [2.75, 3.05) is 24.4 Å². The Kier molecular flexibility index (Phi) is 7.47. The summed E-state index contributed by atoms with van der Waals surface area (Å²) >= 11 is 1.59. The van der Waals surface area contributed by atoms with Gasteiger partial charge in [-0.25, -0.2) is 4.39 Å². The maximum absolute atomic E-state index is 13.0. The van der Waals surface area contributed by atoms with Crippen LogP contribution < -0.4 is 15.4 Å². The number of amides is 2. The first-order valence-electron chi connectivity index (χ1n) is 8.03. The van der Waals surface area contributed by atoms with E-state index < -0.39 is 6.04 Å². The molecule has 2 aromatic carbocycles. The van der Waals surface area contributed by atoms with Gasteiger partial charge in [0.05, 0.1) is 7.11 Å². The first-order chi connectivity index (χ1) is 12.5. The van der Waals surface area contributed by atoms with Crippen molar-refractivity contribution in [3.8, 4) is 5.75 Å². The van der Waals surface area contributed by atoms with E-state index in [1.165, 1.54) is 24.3 Å². The summed E-state index contributed by atoms with van der Waals surface area (Å²) in [5.41, 5.74) is 0.916. The summed E-state index contributed by atoms with van der Waals surface area (Å²) in [5.74, 6) is 0.300. The number of thioether (sulfide) groups is 1. The second-order valence-electron chi connectivity index (χ2n) is 5.53. The first kappa shape index (κ1) is 19.8. The number of nitrogens with one attached hydrogen (secondary N) is 2. The number of halogens is 1. The Bertz CT molecular complexity index is 735. The zero-order chi connectivity index (χ0) is 18.9. The Morgan fingerprint density at radius 2 is 1.77 bits per heavy atom. The quantitative estimate of drug-likeness (QED) is 0.742. The van der Waals surface area contributed by atoms with E-state index in [0.29, 0.717) is 29.2 Å². The monoisotopic (exact) mass is 376 g/mol. The number of hydrogen-bond acceptors (Lipinski definition) is 4. The Balaban J connectivity index is 2.05. The Morgan fingerprint density at radius 3 is 2.35 bits per heavy atom. The van der Waals surface area contributed by atoms with Crippen LogP contribution in [0.2, 0.25) is 0 Å². The van der Waals surface area contributed by atoms with Gasteiger partial charge < -0.3 is 15.4 Å². The first-order valence-corrected chi connectivity index (χ1v) is 9.43. The van der Waals surface area contributed by atoms with Crippen LogP contribution in [0.25, 0.3) is 0 Å². The molecule has 26 heavy (non-hydrogen) atoms. The number of carbonyl (C=O) groups is 2. The fourth-order valence-corrected chi connectivity index (χ4v) is 2.72. The van der Waals surface area contributed by atoms with E-state index >= 15 is 0 Å². The molecule has 2 amide bonds. The van der Waals surface area contributed by atoms with E-state index in [1.807, 2.05) is 6.26 Å². The van der Waals surface area contributed by atoms with Crippen molar-refractivity contribution in [1.82, 2.24) is 5.32 Å². The number of anilines is 1. The van der Waals surface area contributed by atoms with E-state index in [-0.39, 0.29) is 17.6 Å². The number of rotatable bonds is 8. The largest absolute Gasteiger partial charge is 0.497 e. The van der Waals surface area contributed by atoms with Gasteiger partial charge in [-0.15, -0.1) is 0 Å². The fraction of sp³-hybridized carbons (Fsp3) is 0.263. The highest BCUT2D eigenvalue weighted by molar-refractivity contribution is 7.98. The lowest BCUT2D eigenvalue weighted by Gasteiger charge is -2.18. The third kappa shape index (κ3) is 5.77. The molecule has 0 bridgehead atoms. The predicted octanol–water partition coefficient (Wildman–Crippen LogP) is 3.32. The maximum atomic E-state index is 13.0. The molecular weight excluding hydrogens is 355 g/mol. The van der Waals surface area contributed by atoms with Gasteiger partial charge in [0.2, 0.25) is 5.91 Å². The molecule has 0 saturated heterocycles. The van der Waals surface area contributed by atoms with Gasteiger partial charge in [0.25, 0.3) is 5.91 Å². The van der Waals surface area contributed by atoms with Crippen molar-refractivity contribution >= 4 is 29.3 Å². The van der Waals surface area contributed by atoms with E-state index in [0.717, 1.165) is 0 Å². The molecule has 0 aliphatic carbocycles. The summed E-state index contributed by atoms with van der Waals surface area (Å²) in [7, 11) is 1.55. The van der Waals surface area contributed by atoms with Crippen molar-refractivity contribution in [2.45, 2.75) is 12.5 Å². The highest BCUT2D eigenvalue weighted by atomic mass is 32.2. The smallest absolute Gasteiger partial charge is 0.251 e. The van der Waals surface area contributed by atoms with Gasteiger partial charge in [-0.2, -0.15) is 11.8 Å². The van der Waals surface area contributed by atoms with Gasteiger partial charge in [0, 0.05) is 11.3 Å². The van der Waals surface area contributed by atoms with Crippen LogP contribution >= 0.6 is 11.8 Å². The third-order valence-electron chi connectivity index (χ3n) is 3.70. The third-order valence-corrected chi connectivity index (χ3v) is 4.34. The Labute approximate surface area is 156 Å². The molecular formula is C19H21FN2O3S. The molecule has 0 saturated carbocycles.